The molecule has 6 rings (SSSR count). The molecule has 0 aliphatic rings. The maximum absolute atomic E-state index is 13.7. The van der Waals surface area contributed by atoms with Gasteiger partial charge in [-0.1, -0.05) is 65.8 Å². The molecule has 40 heavy (non-hydrogen) atoms. The molecule has 0 radical (unpaired) electrons. The summed E-state index contributed by atoms with van der Waals surface area (Å²) in [5.41, 5.74) is 4.88. The van der Waals surface area contributed by atoms with E-state index in [0.717, 1.165) is 40.9 Å². The number of furan rings is 1. The minimum Gasteiger partial charge on any atom is -0.455 e. The molecule has 0 atom stereocenters. The highest BCUT2D eigenvalue weighted by Gasteiger charge is 2.31. The van der Waals surface area contributed by atoms with E-state index in [1.54, 1.807) is 0 Å². The number of hydrogen-bond donors (Lipinski definition) is 0. The van der Waals surface area contributed by atoms with Crippen molar-refractivity contribution < 1.29 is 22.0 Å². The summed E-state index contributed by atoms with van der Waals surface area (Å²) < 4.78 is 53.7. The molecule has 0 bridgehead atoms. The van der Waals surface area contributed by atoms with Crippen molar-refractivity contribution in [2.75, 3.05) is 0 Å². The molecule has 0 saturated carbocycles. The minimum absolute atomic E-state index is 0.0726. The van der Waals surface area contributed by atoms with Gasteiger partial charge in [-0.25, -0.2) is 4.98 Å². The summed E-state index contributed by atoms with van der Waals surface area (Å²) in [5, 5.41) is 2.55. The highest BCUT2D eigenvalue weighted by molar-refractivity contribution is 6.20. The van der Waals surface area contributed by atoms with E-state index in [0.29, 0.717) is 44.4 Å². The molecule has 3 nitrogen and oxygen atoms in total. The largest absolute Gasteiger partial charge is 0.455 e. The Balaban J connectivity index is 1.61. The van der Waals surface area contributed by atoms with Crippen LogP contribution >= 0.6 is 0 Å². The minimum atomic E-state index is -4.46. The Kier molecular flexibility index (Phi) is 5.85. The molecule has 2 heterocycles. The zero-order valence-electron chi connectivity index (χ0n) is 23.6. The molecular formula is C34H32F3NO2. The van der Waals surface area contributed by atoms with Gasteiger partial charge in [-0.3, -0.25) is 0 Å². The normalized spacial score (nSPS) is 13.3. The van der Waals surface area contributed by atoms with Crippen molar-refractivity contribution in [3.63, 3.8) is 0 Å². The van der Waals surface area contributed by atoms with Gasteiger partial charge in [0.05, 0.1) is 5.56 Å². The van der Waals surface area contributed by atoms with Crippen LogP contribution in [-0.2, 0) is 19.0 Å². The van der Waals surface area contributed by atoms with Gasteiger partial charge in [0.15, 0.2) is 5.58 Å². The third-order valence-electron chi connectivity index (χ3n) is 7.10. The van der Waals surface area contributed by atoms with Gasteiger partial charge in [-0.2, -0.15) is 13.2 Å². The smallest absolute Gasteiger partial charge is 0.416 e. The molecule has 0 amide bonds. The molecule has 6 aromatic rings. The van der Waals surface area contributed by atoms with Crippen LogP contribution < -0.4 is 0 Å². The van der Waals surface area contributed by atoms with E-state index in [2.05, 4.69) is 53.7 Å². The Labute approximate surface area is 231 Å². The number of oxazole rings is 1. The first-order valence-corrected chi connectivity index (χ1v) is 13.5. The topological polar surface area (TPSA) is 39.2 Å². The van der Waals surface area contributed by atoms with E-state index >= 15 is 0 Å². The van der Waals surface area contributed by atoms with Gasteiger partial charge in [0.1, 0.15) is 16.7 Å². The lowest BCUT2D eigenvalue weighted by Gasteiger charge is -2.17. The van der Waals surface area contributed by atoms with Crippen molar-refractivity contribution in [2.24, 2.45) is 10.8 Å². The van der Waals surface area contributed by atoms with Crippen LogP contribution in [0.3, 0.4) is 0 Å². The highest BCUT2D eigenvalue weighted by Crippen LogP contribution is 2.43. The fraction of sp³-hybridized carbons (Fsp3) is 0.324. The van der Waals surface area contributed by atoms with E-state index in [9.17, 15) is 13.2 Å². The Hall–Kier alpha value is -3.80. The molecule has 206 valence electrons. The average Bonchev–Trinajstić information content (AvgIpc) is 3.41. The summed E-state index contributed by atoms with van der Waals surface area (Å²) in [5.74, 6) is 0.413. The summed E-state index contributed by atoms with van der Waals surface area (Å²) in [6.07, 6.45) is -2.73. The second-order valence-corrected chi connectivity index (χ2v) is 13.3. The fourth-order valence-corrected chi connectivity index (χ4v) is 5.58. The van der Waals surface area contributed by atoms with Crippen LogP contribution in [0.25, 0.3) is 55.3 Å². The average molecular weight is 544 g/mol. The lowest BCUT2D eigenvalue weighted by molar-refractivity contribution is -0.137. The number of aromatic nitrogens is 1. The van der Waals surface area contributed by atoms with Crippen molar-refractivity contribution >= 4 is 43.8 Å². The van der Waals surface area contributed by atoms with E-state index < -0.39 is 11.7 Å². The maximum Gasteiger partial charge on any atom is 0.416 e. The lowest BCUT2D eigenvalue weighted by Crippen LogP contribution is -2.08. The summed E-state index contributed by atoms with van der Waals surface area (Å²) in [4.78, 5) is 4.80. The number of hydrogen-bond acceptors (Lipinski definition) is 3. The van der Waals surface area contributed by atoms with Crippen LogP contribution in [-0.4, -0.2) is 4.98 Å². The summed E-state index contributed by atoms with van der Waals surface area (Å²) in [7, 11) is 0. The molecular weight excluding hydrogens is 511 g/mol. The van der Waals surface area contributed by atoms with E-state index in [-0.39, 0.29) is 10.8 Å². The second-order valence-electron chi connectivity index (χ2n) is 13.3. The number of fused-ring (bicyclic) bond motifs is 6. The monoisotopic (exact) mass is 543 g/mol. The Morgan fingerprint density at radius 1 is 0.675 bits per heavy atom. The van der Waals surface area contributed by atoms with E-state index in [1.807, 2.05) is 30.3 Å². The standard InChI is InChI=1S/C34H32F3NO2/c1-32(2,3)17-19-7-11-23-27(13-19)39-30-24-16-22(34(35,36)37)10-9-21(24)15-25(29(23)30)31-38-26-12-8-20(14-28(26)40-31)18-33(4,5)6/h7-16H,17-18H2,1-6H3. The van der Waals surface area contributed by atoms with Crippen LogP contribution in [0.1, 0.15) is 58.2 Å². The quantitative estimate of drug-likeness (QED) is 0.223. The molecule has 0 spiro atoms. The van der Waals surface area contributed by atoms with E-state index in [4.69, 9.17) is 13.8 Å². The Morgan fingerprint density at radius 3 is 1.98 bits per heavy atom. The molecule has 6 heteroatoms. The SMILES string of the molecule is CC(C)(C)Cc1ccc2nc(-c3cc4ccc(C(F)(F)F)cc4c4oc5cc(CC(C)(C)C)ccc5c34)oc2c1. The number of alkyl halides is 3. The van der Waals surface area contributed by atoms with Gasteiger partial charge < -0.3 is 8.83 Å². The van der Waals surface area contributed by atoms with Crippen molar-refractivity contribution in [3.8, 4) is 11.5 Å². The predicted octanol–water partition coefficient (Wildman–Crippen LogP) is 10.7. The first-order valence-electron chi connectivity index (χ1n) is 13.5. The van der Waals surface area contributed by atoms with E-state index in [1.165, 1.54) is 12.1 Å². The van der Waals surface area contributed by atoms with Gasteiger partial charge in [0.25, 0.3) is 0 Å². The summed E-state index contributed by atoms with van der Waals surface area (Å²) in [6.45, 7) is 13.1. The van der Waals surface area contributed by atoms with Gasteiger partial charge in [-0.05, 0) is 76.6 Å². The maximum atomic E-state index is 13.7. The molecule has 2 aromatic heterocycles. The summed E-state index contributed by atoms with van der Waals surface area (Å²) >= 11 is 0. The third kappa shape index (κ3) is 4.96. The molecule has 0 saturated heterocycles. The molecule has 0 unspecified atom stereocenters. The first-order chi connectivity index (χ1) is 18.6. The predicted molar refractivity (Wildman–Crippen MR) is 156 cm³/mol. The molecule has 0 aliphatic carbocycles. The van der Waals surface area contributed by atoms with Crippen LogP contribution in [0.5, 0.6) is 0 Å². The van der Waals surface area contributed by atoms with Crippen LogP contribution in [0.2, 0.25) is 0 Å². The van der Waals surface area contributed by atoms with Gasteiger partial charge in [0, 0.05) is 21.7 Å². The van der Waals surface area contributed by atoms with Gasteiger partial charge >= 0.3 is 6.18 Å². The number of halogens is 3. The van der Waals surface area contributed by atoms with Gasteiger partial charge in [0.2, 0.25) is 5.89 Å². The highest BCUT2D eigenvalue weighted by atomic mass is 19.4. The zero-order chi connectivity index (χ0) is 28.6. The summed E-state index contributed by atoms with van der Waals surface area (Å²) in [6, 6.07) is 17.7. The molecule has 4 aromatic carbocycles. The third-order valence-corrected chi connectivity index (χ3v) is 7.10. The van der Waals surface area contributed by atoms with Crippen molar-refractivity contribution in [1.29, 1.82) is 0 Å². The van der Waals surface area contributed by atoms with Crippen molar-refractivity contribution in [2.45, 2.75) is 60.6 Å². The van der Waals surface area contributed by atoms with Crippen molar-refractivity contribution in [1.82, 2.24) is 4.98 Å². The van der Waals surface area contributed by atoms with Crippen LogP contribution in [0, 0.1) is 10.8 Å². The zero-order valence-corrected chi connectivity index (χ0v) is 23.6. The second kappa shape index (κ2) is 8.85. The van der Waals surface area contributed by atoms with Gasteiger partial charge in [-0.15, -0.1) is 0 Å². The molecule has 0 N–H and O–H groups in total. The molecule has 0 aliphatic heterocycles. The first kappa shape index (κ1) is 26.4. The van der Waals surface area contributed by atoms with Crippen molar-refractivity contribution in [3.05, 3.63) is 77.4 Å². The fourth-order valence-electron chi connectivity index (χ4n) is 5.58. The lowest BCUT2D eigenvalue weighted by atomic mass is 9.88. The Bertz CT molecular complexity index is 1910. The number of rotatable bonds is 3. The van der Waals surface area contributed by atoms with Crippen LogP contribution in [0.15, 0.2) is 69.5 Å². The number of benzene rings is 4. The molecule has 0 fully saturated rings. The van der Waals surface area contributed by atoms with Crippen LogP contribution in [0.4, 0.5) is 13.2 Å². The number of nitrogens with zero attached hydrogens (tertiary/aromatic N) is 1. The Morgan fingerprint density at radius 2 is 1.32 bits per heavy atom.